The Hall–Kier alpha value is -0.461. The average molecular weight is 335 g/mol. The summed E-state index contributed by atoms with van der Waals surface area (Å²) in [6.07, 6.45) is 0. The van der Waals surface area contributed by atoms with Gasteiger partial charge >= 0.3 is 67.5 Å². The second-order valence-corrected chi connectivity index (χ2v) is 36.5. The molecule has 1 aromatic carbocycles. The van der Waals surface area contributed by atoms with Crippen LogP contribution in [0.3, 0.4) is 0 Å². The third-order valence-electron chi connectivity index (χ3n) is 17.5. The molecule has 10 aliphatic rings. The number of nitrogens with zero attached hydrogens (tertiary/aromatic N) is 1. The molecule has 1 nitrogen and oxygen atoms in total. The first-order chi connectivity index (χ1) is 10.2. The topological polar surface area (TPSA) is 3.24 Å². The predicted molar refractivity (Wildman–Crippen MR) is 87.5 cm³/mol. The summed E-state index contributed by atoms with van der Waals surface area (Å²) in [4.78, 5) is 14.2. The molecule has 118 valence electrons. The van der Waals surface area contributed by atoms with Crippen molar-refractivity contribution >= 4 is 5.69 Å². The van der Waals surface area contributed by atoms with Crippen LogP contribution in [0.15, 0.2) is 30.3 Å². The van der Waals surface area contributed by atoms with Crippen molar-refractivity contribution in [1.29, 1.82) is 0 Å². The molecule has 8 unspecified atom stereocenters. The molecule has 10 aliphatic heterocycles. The van der Waals surface area contributed by atoms with Crippen molar-refractivity contribution in [2.45, 2.75) is 61.0 Å². The van der Waals surface area contributed by atoms with Gasteiger partial charge in [-0.3, -0.25) is 0 Å². The van der Waals surface area contributed by atoms with Gasteiger partial charge in [-0.25, -0.2) is 0 Å². The van der Waals surface area contributed by atoms with Gasteiger partial charge in [0.05, 0.1) is 0 Å². The van der Waals surface area contributed by atoms with Crippen LogP contribution >= 0.6 is 0 Å². The molecule has 0 N–H and O–H groups in total. The van der Waals surface area contributed by atoms with Crippen molar-refractivity contribution in [3.8, 4) is 0 Å². The number of fused-ring (bicyclic) bond motifs is 10. The summed E-state index contributed by atoms with van der Waals surface area (Å²) in [5, 5.41) is 0. The second kappa shape index (κ2) is 0.936. The summed E-state index contributed by atoms with van der Waals surface area (Å²) in [5.41, 5.74) is 1.25. The van der Waals surface area contributed by atoms with E-state index in [2.05, 4.69) is 30.9 Å². The number of para-hydroxylation sites is 1. The normalized spacial score (nSPS) is 97.1. The fourth-order valence-electron chi connectivity index (χ4n) is 19.5. The Morgan fingerprint density at radius 3 is 1.32 bits per heavy atom. The van der Waals surface area contributed by atoms with E-state index in [-0.39, 0.29) is 0 Å². The third-order valence-corrected chi connectivity index (χ3v) is 63.2. The molecule has 22 heavy (non-hydrogen) atoms. The summed E-state index contributed by atoms with van der Waals surface area (Å²) in [6, 6.07) is 10.3. The molecule has 11 rings (SSSR count). The molecule has 0 saturated carbocycles. The SMILES string of the molecule is CN(C)c1ccccc1.C[C]12[CH]3[CH]4[CH]5[CH]1[Fe]45321678[CH]2[CH]1[CH]6[C]7(C)[CH]28. The van der Waals surface area contributed by atoms with Gasteiger partial charge in [0.15, 0.2) is 0 Å². The van der Waals surface area contributed by atoms with E-state index in [9.17, 15) is 0 Å². The molecule has 10 saturated heterocycles. The van der Waals surface area contributed by atoms with Gasteiger partial charge in [-0.05, 0) is 12.1 Å². The molecule has 10 fully saturated rings. The van der Waals surface area contributed by atoms with Crippen LogP contribution in [0.2, 0.25) is 47.2 Å². The van der Waals surface area contributed by atoms with Crippen molar-refractivity contribution in [1.82, 2.24) is 0 Å². The van der Waals surface area contributed by atoms with Gasteiger partial charge in [0.1, 0.15) is 0 Å². The fraction of sp³-hybridized carbons (Fsp3) is 0.700. The summed E-state index contributed by atoms with van der Waals surface area (Å²) in [5.74, 6) is 0. The standard InChI is InChI=1S/C8H11N.2C6H7.Fe/c1-9(2)8-6-4-3-5-7-8;2*1-6-4-2-3-5-6;/h3-7H,1-2H3;2*2-5H,1H3;. The molecule has 8 atom stereocenters. The van der Waals surface area contributed by atoms with Crippen LogP contribution in [0.4, 0.5) is 5.69 Å². The molecular formula is C20H25FeN. The van der Waals surface area contributed by atoms with Gasteiger partial charge in [-0.2, -0.15) is 0 Å². The van der Waals surface area contributed by atoms with Gasteiger partial charge in [0.25, 0.3) is 0 Å². The fourth-order valence-corrected chi connectivity index (χ4v) is 98.1. The number of rotatable bonds is 1. The molecule has 1 spiro atoms. The number of hydrogen-bond acceptors (Lipinski definition) is 1. The second-order valence-electron chi connectivity index (χ2n) is 12.8. The van der Waals surface area contributed by atoms with Gasteiger partial charge in [0.2, 0.25) is 0 Å². The Morgan fingerprint density at radius 2 is 1.18 bits per heavy atom. The van der Waals surface area contributed by atoms with Crippen molar-refractivity contribution < 1.29 is 6.51 Å². The minimum absolute atomic E-state index is 1.16. The van der Waals surface area contributed by atoms with Gasteiger partial charge in [0, 0.05) is 19.8 Å². The van der Waals surface area contributed by atoms with Crippen LogP contribution in [0.1, 0.15) is 13.8 Å². The molecule has 0 aliphatic carbocycles. The van der Waals surface area contributed by atoms with Crippen LogP contribution in [0, 0.1) is 0 Å². The Morgan fingerprint density at radius 1 is 0.773 bits per heavy atom. The molecule has 10 heterocycles. The number of anilines is 1. The van der Waals surface area contributed by atoms with E-state index in [4.69, 9.17) is 0 Å². The quantitative estimate of drug-likeness (QED) is 0.577. The van der Waals surface area contributed by atoms with Crippen molar-refractivity contribution in [2.24, 2.45) is 0 Å². The van der Waals surface area contributed by atoms with Gasteiger partial charge in [-0.15, -0.1) is 0 Å². The van der Waals surface area contributed by atoms with E-state index in [0.29, 0.717) is 0 Å². The zero-order valence-electron chi connectivity index (χ0n) is 13.8. The molecule has 2 heteroatoms. The zero-order valence-corrected chi connectivity index (χ0v) is 14.9. The molecule has 1 aromatic rings. The van der Waals surface area contributed by atoms with Crippen LogP contribution in [-0.4, -0.2) is 14.1 Å². The summed E-state index contributed by atoms with van der Waals surface area (Å²) in [6.45, 7) is 3.02. The van der Waals surface area contributed by atoms with Crippen LogP contribution in [-0.2, 0) is 6.51 Å². The van der Waals surface area contributed by atoms with Crippen molar-refractivity contribution in [3.63, 3.8) is 0 Å². The van der Waals surface area contributed by atoms with E-state index in [1.807, 2.05) is 32.3 Å². The van der Waals surface area contributed by atoms with E-state index >= 15 is 0 Å². The maximum absolute atomic E-state index is 2.82. The first-order valence-electron chi connectivity index (χ1n) is 9.17. The van der Waals surface area contributed by atoms with Gasteiger partial charge < -0.3 is 4.90 Å². The first-order valence-corrected chi connectivity index (χ1v) is 15.4. The average Bonchev–Trinajstić information content (AvgIpc) is 3.46. The Bertz CT molecular complexity index is 1140. The van der Waals surface area contributed by atoms with Gasteiger partial charge in [-0.1, -0.05) is 18.2 Å². The monoisotopic (exact) mass is 335 g/mol. The van der Waals surface area contributed by atoms with Crippen molar-refractivity contribution in [2.75, 3.05) is 19.0 Å². The van der Waals surface area contributed by atoms with E-state index < -0.39 is 6.51 Å². The molecule has 0 amide bonds. The molecule has 0 bridgehead atoms. The number of hydrogen-bond donors (Lipinski definition) is 0. The summed E-state index contributed by atoms with van der Waals surface area (Å²) < 4.78 is 2.31. The predicted octanol–water partition coefficient (Wildman–Crippen LogP) is 5.91. The van der Waals surface area contributed by atoms with Crippen LogP contribution in [0.25, 0.3) is 0 Å². The minimum atomic E-state index is -2.62. The summed E-state index contributed by atoms with van der Waals surface area (Å²) in [7, 11) is 4.07. The van der Waals surface area contributed by atoms with E-state index in [0.717, 1.165) is 8.63 Å². The van der Waals surface area contributed by atoms with E-state index in [1.165, 1.54) is 44.2 Å². The maximum atomic E-state index is 2.82. The Balaban J connectivity index is 0.0000000884. The summed E-state index contributed by atoms with van der Waals surface area (Å²) >= 11 is 0. The van der Waals surface area contributed by atoms with E-state index in [1.54, 1.807) is 0 Å². The third kappa shape index (κ3) is 0.119. The Labute approximate surface area is 122 Å². The Kier molecular flexibility index (Phi) is 0.414. The molecule has 0 radical (unpaired) electrons. The van der Waals surface area contributed by atoms with Crippen molar-refractivity contribution in [3.05, 3.63) is 30.3 Å². The zero-order chi connectivity index (χ0) is 14.6. The van der Waals surface area contributed by atoms with Crippen LogP contribution in [0.5, 0.6) is 0 Å². The molecule has 0 aromatic heterocycles. The molecular weight excluding hydrogens is 310 g/mol. The van der Waals surface area contributed by atoms with Crippen LogP contribution < -0.4 is 4.90 Å². The first kappa shape index (κ1) is 9.74. The number of benzene rings is 1.